The van der Waals surface area contributed by atoms with E-state index in [0.29, 0.717) is 0 Å². The number of allylic oxidation sites excluding steroid dienone is 3. The van der Waals surface area contributed by atoms with Gasteiger partial charge in [-0.2, -0.15) is 0 Å². The fraction of sp³-hybridized carbons (Fsp3) is 0.571. The minimum absolute atomic E-state index is 0.743. The Bertz CT molecular complexity index is 262. The molecule has 0 radical (unpaired) electrons. The van der Waals surface area contributed by atoms with Crippen LogP contribution in [0.2, 0.25) is 0 Å². The summed E-state index contributed by atoms with van der Waals surface area (Å²) in [6.45, 7) is 13.7. The molecule has 0 bridgehead atoms. The molecule has 0 aliphatic carbocycles. The van der Waals surface area contributed by atoms with Crippen molar-refractivity contribution >= 4 is 0 Å². The fourth-order valence-corrected chi connectivity index (χ4v) is 1.90. The van der Waals surface area contributed by atoms with Gasteiger partial charge in [-0.05, 0) is 44.5 Å². The first-order valence-electron chi connectivity index (χ1n) is 6.09. The van der Waals surface area contributed by atoms with E-state index in [4.69, 9.17) is 4.74 Å². The van der Waals surface area contributed by atoms with Gasteiger partial charge in [0, 0.05) is 6.54 Å². The topological polar surface area (TPSA) is 12.5 Å². The van der Waals surface area contributed by atoms with Crippen molar-refractivity contribution in [3.05, 3.63) is 36.6 Å². The van der Waals surface area contributed by atoms with Crippen LogP contribution in [0.25, 0.3) is 0 Å². The molecule has 1 aliphatic heterocycles. The number of hydrogen-bond acceptors (Lipinski definition) is 2. The lowest BCUT2D eigenvalue weighted by Crippen LogP contribution is -2.32. The van der Waals surface area contributed by atoms with E-state index in [2.05, 4.69) is 18.1 Å². The molecule has 0 amide bonds. The second-order valence-corrected chi connectivity index (χ2v) is 4.21. The number of ether oxygens (including phenoxy) is 1. The third-order valence-corrected chi connectivity index (χ3v) is 2.99. The zero-order chi connectivity index (χ0) is 11.8. The van der Waals surface area contributed by atoms with E-state index in [9.17, 15) is 0 Å². The van der Waals surface area contributed by atoms with Crippen molar-refractivity contribution in [2.45, 2.75) is 26.2 Å². The first-order valence-corrected chi connectivity index (χ1v) is 6.09. The molecule has 0 aromatic carbocycles. The van der Waals surface area contributed by atoms with E-state index in [0.717, 1.165) is 24.5 Å². The maximum atomic E-state index is 5.70. The molecule has 2 heteroatoms. The zero-order valence-corrected chi connectivity index (χ0v) is 10.4. The summed E-state index contributed by atoms with van der Waals surface area (Å²) in [5.74, 6) is 0.854. The van der Waals surface area contributed by atoms with Crippen LogP contribution in [0.5, 0.6) is 0 Å². The lowest BCUT2D eigenvalue weighted by Gasteiger charge is -2.26. The van der Waals surface area contributed by atoms with Crippen molar-refractivity contribution in [2.24, 2.45) is 0 Å². The number of likely N-dealkylation sites (tertiary alicyclic amines) is 1. The van der Waals surface area contributed by atoms with E-state index in [1.807, 2.05) is 6.92 Å². The van der Waals surface area contributed by atoms with Crippen LogP contribution in [0.15, 0.2) is 36.6 Å². The zero-order valence-electron chi connectivity index (χ0n) is 10.4. The van der Waals surface area contributed by atoms with Crippen LogP contribution in [-0.2, 0) is 4.74 Å². The van der Waals surface area contributed by atoms with Crippen molar-refractivity contribution in [3.63, 3.8) is 0 Å². The molecule has 2 nitrogen and oxygen atoms in total. The number of rotatable bonds is 6. The molecular weight excluding hydrogens is 198 g/mol. The van der Waals surface area contributed by atoms with Crippen LogP contribution in [0.4, 0.5) is 0 Å². The highest BCUT2D eigenvalue weighted by Crippen LogP contribution is 2.10. The van der Waals surface area contributed by atoms with Gasteiger partial charge >= 0.3 is 0 Å². The maximum Gasteiger partial charge on any atom is 0.121 e. The summed E-state index contributed by atoms with van der Waals surface area (Å²) in [6.07, 6.45) is 7.60. The lowest BCUT2D eigenvalue weighted by atomic mass is 10.1. The summed E-state index contributed by atoms with van der Waals surface area (Å²) in [5.41, 5.74) is 1.05. The number of hydrogen-bond donors (Lipinski definition) is 0. The number of nitrogens with zero attached hydrogens (tertiary/aromatic N) is 1. The van der Waals surface area contributed by atoms with Crippen LogP contribution in [0.3, 0.4) is 0 Å². The lowest BCUT2D eigenvalue weighted by molar-refractivity contribution is 0.147. The quantitative estimate of drug-likeness (QED) is 0.504. The molecule has 0 unspecified atom stereocenters. The largest absolute Gasteiger partial charge is 0.492 e. The maximum absolute atomic E-state index is 5.70. The Morgan fingerprint density at radius 3 is 2.44 bits per heavy atom. The molecule has 0 saturated carbocycles. The van der Waals surface area contributed by atoms with E-state index in [1.165, 1.54) is 32.4 Å². The summed E-state index contributed by atoms with van der Waals surface area (Å²) in [6, 6.07) is 0. The second kappa shape index (κ2) is 7.29. The summed E-state index contributed by atoms with van der Waals surface area (Å²) in [4.78, 5) is 2.47. The normalized spacial score (nSPS) is 18.8. The molecule has 0 spiro atoms. The molecule has 0 aromatic rings. The van der Waals surface area contributed by atoms with Crippen molar-refractivity contribution in [2.75, 3.05) is 26.2 Å². The van der Waals surface area contributed by atoms with Crippen molar-refractivity contribution < 1.29 is 4.74 Å². The van der Waals surface area contributed by atoms with Crippen molar-refractivity contribution in [1.29, 1.82) is 0 Å². The average Bonchev–Trinajstić information content (AvgIpc) is 2.35. The van der Waals surface area contributed by atoms with Gasteiger partial charge in [0.15, 0.2) is 0 Å². The summed E-state index contributed by atoms with van der Waals surface area (Å²) in [5, 5.41) is 0. The molecule has 0 N–H and O–H groups in total. The Balaban J connectivity index is 2.27. The van der Waals surface area contributed by atoms with Gasteiger partial charge in [0.05, 0.1) is 0 Å². The van der Waals surface area contributed by atoms with Gasteiger partial charge < -0.3 is 4.74 Å². The highest BCUT2D eigenvalue weighted by atomic mass is 16.5. The summed E-state index contributed by atoms with van der Waals surface area (Å²) >= 11 is 0. The van der Waals surface area contributed by atoms with E-state index < -0.39 is 0 Å². The molecule has 1 aliphatic rings. The molecule has 1 heterocycles. The molecule has 1 saturated heterocycles. The van der Waals surface area contributed by atoms with Gasteiger partial charge in [-0.1, -0.05) is 25.7 Å². The van der Waals surface area contributed by atoms with Crippen LogP contribution in [0, 0.1) is 0 Å². The second-order valence-electron chi connectivity index (χ2n) is 4.21. The van der Waals surface area contributed by atoms with Gasteiger partial charge in [-0.15, -0.1) is 0 Å². The van der Waals surface area contributed by atoms with Crippen LogP contribution < -0.4 is 0 Å². The highest BCUT2D eigenvalue weighted by Gasteiger charge is 2.09. The van der Waals surface area contributed by atoms with Crippen LogP contribution in [-0.4, -0.2) is 31.1 Å². The van der Waals surface area contributed by atoms with Crippen LogP contribution in [0.1, 0.15) is 26.2 Å². The first-order chi connectivity index (χ1) is 7.77. The molecule has 1 fully saturated rings. The van der Waals surface area contributed by atoms with Crippen molar-refractivity contribution in [1.82, 2.24) is 4.90 Å². The predicted octanol–water partition coefficient (Wildman–Crippen LogP) is 3.13. The molecule has 0 atom stereocenters. The van der Waals surface area contributed by atoms with Gasteiger partial charge in [-0.25, -0.2) is 0 Å². The van der Waals surface area contributed by atoms with Gasteiger partial charge in [-0.3, -0.25) is 4.90 Å². The monoisotopic (exact) mass is 221 g/mol. The smallest absolute Gasteiger partial charge is 0.121 e. The average molecular weight is 221 g/mol. The van der Waals surface area contributed by atoms with E-state index in [-0.39, 0.29) is 0 Å². The minimum atomic E-state index is 0.743. The third-order valence-electron chi connectivity index (χ3n) is 2.99. The number of piperidine rings is 1. The molecule has 16 heavy (non-hydrogen) atoms. The first kappa shape index (κ1) is 13.0. The fourth-order valence-electron chi connectivity index (χ4n) is 1.90. The summed E-state index contributed by atoms with van der Waals surface area (Å²) in [7, 11) is 0. The van der Waals surface area contributed by atoms with Gasteiger partial charge in [0.25, 0.3) is 0 Å². The van der Waals surface area contributed by atoms with Gasteiger partial charge in [0.2, 0.25) is 0 Å². The Morgan fingerprint density at radius 1 is 1.19 bits per heavy atom. The molecule has 90 valence electrons. The van der Waals surface area contributed by atoms with E-state index >= 15 is 0 Å². The molecule has 1 rings (SSSR count). The van der Waals surface area contributed by atoms with E-state index in [1.54, 1.807) is 12.2 Å². The standard InChI is InChI=1S/C14H23NO/c1-4-13(3)14(5-2)16-12-11-15-9-7-6-8-10-15/h4-5H,1-2,6-12H2,3H3/b14-13-. The Labute approximate surface area is 99.3 Å². The highest BCUT2D eigenvalue weighted by molar-refractivity contribution is 5.24. The minimum Gasteiger partial charge on any atom is -0.492 e. The SMILES string of the molecule is C=C/C(C)=C(/C=C)OCCN1CCCCC1. The Kier molecular flexibility index (Phi) is 5.94. The van der Waals surface area contributed by atoms with Crippen molar-refractivity contribution in [3.8, 4) is 0 Å². The predicted molar refractivity (Wildman–Crippen MR) is 69.3 cm³/mol. The third kappa shape index (κ3) is 4.23. The van der Waals surface area contributed by atoms with Gasteiger partial charge in [0.1, 0.15) is 12.4 Å². The Morgan fingerprint density at radius 2 is 1.88 bits per heavy atom. The molecular formula is C14H23NO. The Hall–Kier alpha value is -1.02. The summed E-state index contributed by atoms with van der Waals surface area (Å²) < 4.78 is 5.70. The molecule has 0 aromatic heterocycles. The van der Waals surface area contributed by atoms with Crippen LogP contribution >= 0.6 is 0 Å².